The molecule has 0 atom stereocenters. The number of aryl methyl sites for hydroxylation is 1. The number of hydrogen-bond donors (Lipinski definition) is 2. The number of carbonyl (C=O) groups is 2. The summed E-state index contributed by atoms with van der Waals surface area (Å²) >= 11 is 7.17. The van der Waals surface area contributed by atoms with E-state index in [1.165, 1.54) is 53.9 Å². The van der Waals surface area contributed by atoms with Gasteiger partial charge < -0.3 is 15.1 Å². The van der Waals surface area contributed by atoms with Crippen molar-refractivity contribution in [2.45, 2.75) is 46.0 Å². The van der Waals surface area contributed by atoms with Crippen LogP contribution < -0.4 is 10.6 Å². The van der Waals surface area contributed by atoms with E-state index in [2.05, 4.69) is 30.6 Å². The number of sulfone groups is 2. The van der Waals surface area contributed by atoms with E-state index in [1.54, 1.807) is 74.2 Å². The standard InChI is InChI=1S/C21H16ClN3O4S.C21H14F3N3O3S2/c1-13-8-16(22)11-25-21(13)30(27,28)17-4-2-14(3-5-17)10-24-20(26)18-9-15-6-7-23-12-19(15)29-18;22-21(23,24)18-2-1-3-19(27-18)32(29,30)15-6-4-13(5-7-15)11-26-20(28)16-10-14-8-9-25-12-17(14)31-16/h2-9,11-12H,10H2,1H3,(H,24,26);1-10,12H,11H2,(H,26,28). The van der Waals surface area contributed by atoms with E-state index in [9.17, 15) is 39.6 Å². The Hall–Kier alpha value is -6.54. The van der Waals surface area contributed by atoms with Crippen molar-refractivity contribution in [1.82, 2.24) is 30.6 Å². The van der Waals surface area contributed by atoms with Crippen molar-refractivity contribution < 1.29 is 44.0 Å². The average Bonchev–Trinajstić information content (AvgIpc) is 3.90. The van der Waals surface area contributed by atoms with Gasteiger partial charge in [0.25, 0.3) is 11.8 Å². The van der Waals surface area contributed by atoms with Crippen LogP contribution in [0, 0.1) is 6.92 Å². The van der Waals surface area contributed by atoms with Crippen LogP contribution in [0.15, 0.2) is 152 Å². The highest BCUT2D eigenvalue weighted by Gasteiger charge is 2.34. The molecule has 0 aliphatic rings. The van der Waals surface area contributed by atoms with Crippen LogP contribution in [-0.2, 0) is 38.9 Å². The van der Waals surface area contributed by atoms with Gasteiger partial charge in [-0.25, -0.2) is 26.8 Å². The second kappa shape index (κ2) is 17.8. The molecular formula is C42H30ClF3N6O7S3. The highest BCUT2D eigenvalue weighted by Crippen LogP contribution is 2.30. The summed E-state index contributed by atoms with van der Waals surface area (Å²) < 4.78 is 95.9. The predicted molar refractivity (Wildman–Crippen MR) is 223 cm³/mol. The second-order valence-electron chi connectivity index (χ2n) is 13.3. The van der Waals surface area contributed by atoms with E-state index in [4.69, 9.17) is 16.0 Å². The number of fused-ring (bicyclic) bond motifs is 2. The summed E-state index contributed by atoms with van der Waals surface area (Å²) in [4.78, 5) is 40.3. The number of hydrogen-bond acceptors (Lipinski definition) is 12. The third-order valence-corrected chi connectivity index (χ3v) is 13.8. The molecule has 8 rings (SSSR count). The smallest absolute Gasteiger partial charge is 0.433 e. The number of carbonyl (C=O) groups excluding carboxylic acids is 2. The third-order valence-electron chi connectivity index (χ3n) is 9.01. The summed E-state index contributed by atoms with van der Waals surface area (Å²) in [5.41, 5.74) is 1.08. The molecule has 6 aromatic heterocycles. The number of amides is 2. The Bertz CT molecular complexity index is 3110. The van der Waals surface area contributed by atoms with Crippen molar-refractivity contribution in [2.24, 2.45) is 0 Å². The van der Waals surface area contributed by atoms with Gasteiger partial charge >= 0.3 is 6.18 Å². The fraction of sp³-hybridized carbons (Fsp3) is 0.0952. The molecule has 0 aliphatic heterocycles. The molecule has 2 aromatic carbocycles. The van der Waals surface area contributed by atoms with Crippen molar-refractivity contribution in [3.63, 3.8) is 0 Å². The largest absolute Gasteiger partial charge is 0.449 e. The quantitative estimate of drug-likeness (QED) is 0.134. The topological polar surface area (TPSA) is 191 Å². The lowest BCUT2D eigenvalue weighted by Crippen LogP contribution is -2.22. The lowest BCUT2D eigenvalue weighted by molar-refractivity contribution is -0.141. The lowest BCUT2D eigenvalue weighted by Gasteiger charge is -2.09. The normalized spacial score (nSPS) is 11.8. The molecule has 0 bridgehead atoms. The number of halogens is 4. The van der Waals surface area contributed by atoms with Gasteiger partial charge in [-0.05, 0) is 95.7 Å². The first-order chi connectivity index (χ1) is 29.5. The van der Waals surface area contributed by atoms with E-state index in [0.29, 0.717) is 32.7 Å². The number of alkyl halides is 3. The van der Waals surface area contributed by atoms with Gasteiger partial charge in [-0.3, -0.25) is 19.6 Å². The van der Waals surface area contributed by atoms with Gasteiger partial charge in [0.2, 0.25) is 19.7 Å². The number of aromatic nitrogens is 4. The monoisotopic (exact) mass is 918 g/mol. The summed E-state index contributed by atoms with van der Waals surface area (Å²) in [7, 11) is -8.00. The SMILES string of the molecule is Cc1cc(Cl)cnc1S(=O)(=O)c1ccc(CNC(=O)c2cc3ccncc3o2)cc1.O=C(NCc1ccc(S(=O)(=O)c2cccc(C(F)(F)F)n2)cc1)c1cc2ccncc2s1. The minimum absolute atomic E-state index is 0.0349. The van der Waals surface area contributed by atoms with E-state index in [1.807, 2.05) is 0 Å². The molecular weight excluding hydrogens is 889 g/mol. The maximum Gasteiger partial charge on any atom is 0.433 e. The third kappa shape index (κ3) is 9.81. The fourth-order valence-electron chi connectivity index (χ4n) is 5.87. The van der Waals surface area contributed by atoms with Gasteiger partial charge in [-0.2, -0.15) is 13.2 Å². The molecule has 0 aliphatic carbocycles. The Balaban J connectivity index is 0.000000187. The van der Waals surface area contributed by atoms with E-state index >= 15 is 0 Å². The number of rotatable bonds is 10. The second-order valence-corrected chi connectivity index (χ2v) is 18.6. The van der Waals surface area contributed by atoms with Crippen molar-refractivity contribution >= 4 is 75.5 Å². The summed E-state index contributed by atoms with van der Waals surface area (Å²) in [6, 6.07) is 23.0. The van der Waals surface area contributed by atoms with Crippen LogP contribution in [0.25, 0.3) is 21.1 Å². The maximum absolute atomic E-state index is 12.9. The first-order valence-electron chi connectivity index (χ1n) is 18.1. The van der Waals surface area contributed by atoms with E-state index in [-0.39, 0.29) is 45.5 Å². The number of nitrogens with one attached hydrogen (secondary N) is 2. The highest BCUT2D eigenvalue weighted by molar-refractivity contribution is 7.91. The van der Waals surface area contributed by atoms with Gasteiger partial charge in [0.05, 0.1) is 30.6 Å². The van der Waals surface area contributed by atoms with Gasteiger partial charge in [0.1, 0.15) is 5.69 Å². The zero-order valence-corrected chi connectivity index (χ0v) is 35.1. The average molecular weight is 919 g/mol. The maximum atomic E-state index is 12.9. The molecule has 0 fully saturated rings. The highest BCUT2D eigenvalue weighted by atomic mass is 35.5. The molecule has 2 N–H and O–H groups in total. The Morgan fingerprint density at radius 2 is 1.35 bits per heavy atom. The van der Waals surface area contributed by atoms with E-state index < -0.39 is 36.6 Å². The van der Waals surface area contributed by atoms with Gasteiger partial charge in [0.15, 0.2) is 21.4 Å². The van der Waals surface area contributed by atoms with Crippen molar-refractivity contribution in [3.05, 3.63) is 166 Å². The summed E-state index contributed by atoms with van der Waals surface area (Å²) in [5, 5.41) is 6.86. The van der Waals surface area contributed by atoms with E-state index in [0.717, 1.165) is 33.2 Å². The first-order valence-corrected chi connectivity index (χ1v) is 22.2. The number of furan rings is 1. The van der Waals surface area contributed by atoms with Crippen LogP contribution >= 0.6 is 22.9 Å². The Morgan fingerprint density at radius 1 is 0.742 bits per heavy atom. The molecule has 20 heteroatoms. The lowest BCUT2D eigenvalue weighted by atomic mass is 10.2. The molecule has 0 unspecified atom stereocenters. The fourth-order valence-corrected chi connectivity index (χ4v) is 9.63. The van der Waals surface area contributed by atoms with Gasteiger partial charge in [-0.1, -0.05) is 41.9 Å². The van der Waals surface area contributed by atoms with Crippen LogP contribution in [0.5, 0.6) is 0 Å². The van der Waals surface area contributed by atoms with Gasteiger partial charge in [0, 0.05) is 43.3 Å². The van der Waals surface area contributed by atoms with Crippen molar-refractivity contribution in [1.29, 1.82) is 0 Å². The number of thiophene rings is 1. The van der Waals surface area contributed by atoms with Crippen LogP contribution in [0.4, 0.5) is 13.2 Å². The minimum Gasteiger partial charge on any atom is -0.449 e. The molecule has 0 spiro atoms. The zero-order valence-electron chi connectivity index (χ0n) is 31.9. The molecule has 316 valence electrons. The van der Waals surface area contributed by atoms with Crippen LogP contribution in [0.1, 0.15) is 42.6 Å². The predicted octanol–water partition coefficient (Wildman–Crippen LogP) is 8.42. The minimum atomic E-state index is -4.75. The van der Waals surface area contributed by atoms with Gasteiger partial charge in [-0.15, -0.1) is 11.3 Å². The molecule has 0 saturated heterocycles. The molecule has 0 saturated carbocycles. The molecule has 62 heavy (non-hydrogen) atoms. The van der Waals surface area contributed by atoms with Crippen molar-refractivity contribution in [2.75, 3.05) is 0 Å². The van der Waals surface area contributed by atoms with Crippen LogP contribution in [0.3, 0.4) is 0 Å². The molecule has 13 nitrogen and oxygen atoms in total. The Labute approximate surface area is 360 Å². The number of nitrogens with zero attached hydrogens (tertiary/aromatic N) is 4. The number of pyridine rings is 4. The number of benzene rings is 2. The zero-order chi connectivity index (χ0) is 44.2. The molecule has 0 radical (unpaired) electrons. The Morgan fingerprint density at radius 3 is 1.97 bits per heavy atom. The van der Waals surface area contributed by atoms with Crippen LogP contribution in [-0.4, -0.2) is 48.6 Å². The summed E-state index contributed by atoms with van der Waals surface area (Å²) in [6.07, 6.45) is 3.03. The molecule has 6 heterocycles. The van der Waals surface area contributed by atoms with Crippen molar-refractivity contribution in [3.8, 4) is 0 Å². The molecule has 8 aromatic rings. The molecule has 2 amide bonds. The first kappa shape index (κ1) is 43.5. The van der Waals surface area contributed by atoms with Crippen LogP contribution in [0.2, 0.25) is 5.02 Å². The summed E-state index contributed by atoms with van der Waals surface area (Å²) in [5.74, 6) is -0.471. The summed E-state index contributed by atoms with van der Waals surface area (Å²) in [6.45, 7) is 2.00. The Kier molecular flexibility index (Phi) is 12.5.